The van der Waals surface area contributed by atoms with E-state index in [0.717, 1.165) is 5.56 Å². The second kappa shape index (κ2) is 7.97. The first kappa shape index (κ1) is 16.5. The van der Waals surface area contributed by atoms with Crippen LogP contribution in [0.1, 0.15) is 21.5 Å². The molecule has 1 N–H and O–H groups in total. The molecule has 3 rings (SSSR count). The molecule has 0 aliphatic carbocycles. The monoisotopic (exact) mass is 330 g/mol. The highest BCUT2D eigenvalue weighted by Gasteiger charge is 2.04. The molecular weight excluding hydrogens is 312 g/mol. The standard InChI is InChI=1S/C22H18O3/c23-21-9-5-4-8-19(21)16-25-20-13-11-18(12-14-20)22(24)15-10-17-6-2-1-3-7-17/h1-15,23H,16H2. The molecule has 25 heavy (non-hydrogen) atoms. The van der Waals surface area contributed by atoms with Gasteiger partial charge in [-0.1, -0.05) is 54.6 Å². The van der Waals surface area contributed by atoms with Crippen molar-refractivity contribution in [1.29, 1.82) is 0 Å². The van der Waals surface area contributed by atoms with Crippen molar-refractivity contribution in [2.24, 2.45) is 0 Å². The van der Waals surface area contributed by atoms with E-state index in [2.05, 4.69) is 0 Å². The van der Waals surface area contributed by atoms with Crippen LogP contribution in [0.4, 0.5) is 0 Å². The van der Waals surface area contributed by atoms with E-state index in [4.69, 9.17) is 4.74 Å². The lowest BCUT2D eigenvalue weighted by Crippen LogP contribution is -1.97. The number of phenols is 1. The topological polar surface area (TPSA) is 46.5 Å². The first-order valence-electron chi connectivity index (χ1n) is 7.99. The average Bonchev–Trinajstić information content (AvgIpc) is 2.67. The zero-order valence-electron chi connectivity index (χ0n) is 13.6. The predicted octanol–water partition coefficient (Wildman–Crippen LogP) is 4.87. The maximum Gasteiger partial charge on any atom is 0.185 e. The van der Waals surface area contributed by atoms with Crippen molar-refractivity contribution < 1.29 is 14.6 Å². The van der Waals surface area contributed by atoms with Gasteiger partial charge in [0.15, 0.2) is 5.78 Å². The van der Waals surface area contributed by atoms with Gasteiger partial charge in [0, 0.05) is 11.1 Å². The van der Waals surface area contributed by atoms with E-state index in [1.807, 2.05) is 42.5 Å². The van der Waals surface area contributed by atoms with Crippen molar-refractivity contribution in [2.75, 3.05) is 0 Å². The summed E-state index contributed by atoms with van der Waals surface area (Å²) in [4.78, 5) is 12.2. The molecular formula is C22H18O3. The van der Waals surface area contributed by atoms with Gasteiger partial charge < -0.3 is 9.84 Å². The molecule has 3 heteroatoms. The Hall–Kier alpha value is -3.33. The van der Waals surface area contributed by atoms with Crippen LogP contribution in [0.5, 0.6) is 11.5 Å². The van der Waals surface area contributed by atoms with Gasteiger partial charge in [-0.25, -0.2) is 0 Å². The van der Waals surface area contributed by atoms with Crippen LogP contribution in [-0.2, 0) is 6.61 Å². The Bertz CT molecular complexity index is 865. The Kier molecular flexibility index (Phi) is 5.27. The summed E-state index contributed by atoms with van der Waals surface area (Å²) in [5.74, 6) is 0.795. The largest absolute Gasteiger partial charge is 0.508 e. The first-order chi connectivity index (χ1) is 12.2. The van der Waals surface area contributed by atoms with Gasteiger partial charge in [0.2, 0.25) is 0 Å². The van der Waals surface area contributed by atoms with Crippen LogP contribution in [0.3, 0.4) is 0 Å². The molecule has 0 bridgehead atoms. The molecule has 0 atom stereocenters. The Balaban J connectivity index is 1.61. The third-order valence-corrected chi connectivity index (χ3v) is 3.75. The highest BCUT2D eigenvalue weighted by molar-refractivity contribution is 6.06. The fourth-order valence-corrected chi connectivity index (χ4v) is 2.34. The molecule has 0 spiro atoms. The fraction of sp³-hybridized carbons (Fsp3) is 0.0455. The van der Waals surface area contributed by atoms with E-state index in [0.29, 0.717) is 16.9 Å². The van der Waals surface area contributed by atoms with Crippen molar-refractivity contribution in [1.82, 2.24) is 0 Å². The average molecular weight is 330 g/mol. The number of hydrogen-bond donors (Lipinski definition) is 1. The molecule has 0 radical (unpaired) electrons. The summed E-state index contributed by atoms with van der Waals surface area (Å²) in [6.45, 7) is 0.272. The van der Waals surface area contributed by atoms with Crippen molar-refractivity contribution in [3.05, 3.63) is 102 Å². The maximum atomic E-state index is 12.2. The lowest BCUT2D eigenvalue weighted by molar-refractivity contribution is 0.104. The molecule has 0 aliphatic heterocycles. The normalized spacial score (nSPS) is 10.7. The summed E-state index contributed by atoms with van der Waals surface area (Å²) >= 11 is 0. The number of ether oxygens (including phenoxy) is 1. The Labute approximate surface area is 146 Å². The third-order valence-electron chi connectivity index (χ3n) is 3.75. The molecule has 3 aromatic rings. The van der Waals surface area contributed by atoms with Crippen molar-refractivity contribution in [3.8, 4) is 11.5 Å². The molecule has 3 aromatic carbocycles. The quantitative estimate of drug-likeness (QED) is 0.518. The van der Waals surface area contributed by atoms with Gasteiger partial charge in [0.25, 0.3) is 0 Å². The van der Waals surface area contributed by atoms with E-state index >= 15 is 0 Å². The molecule has 0 saturated heterocycles. The summed E-state index contributed by atoms with van der Waals surface area (Å²) in [5, 5.41) is 9.73. The number of rotatable bonds is 6. The number of ketones is 1. The highest BCUT2D eigenvalue weighted by Crippen LogP contribution is 2.19. The van der Waals surface area contributed by atoms with Crippen LogP contribution in [0, 0.1) is 0 Å². The summed E-state index contributed by atoms with van der Waals surface area (Å²) in [5.41, 5.74) is 2.30. The van der Waals surface area contributed by atoms with Gasteiger partial charge in [-0.05, 0) is 42.0 Å². The minimum Gasteiger partial charge on any atom is -0.508 e. The van der Waals surface area contributed by atoms with E-state index in [1.54, 1.807) is 48.6 Å². The SMILES string of the molecule is O=C(C=Cc1ccccc1)c1ccc(OCc2ccccc2O)cc1. The summed E-state index contributed by atoms with van der Waals surface area (Å²) in [7, 11) is 0. The number of carbonyl (C=O) groups excluding carboxylic acids is 1. The maximum absolute atomic E-state index is 12.2. The minimum absolute atomic E-state index is 0.0592. The molecule has 0 aromatic heterocycles. The van der Waals surface area contributed by atoms with Crippen LogP contribution < -0.4 is 4.74 Å². The number of phenolic OH excluding ortho intramolecular Hbond substituents is 1. The third kappa shape index (κ3) is 4.58. The van der Waals surface area contributed by atoms with Crippen molar-refractivity contribution in [2.45, 2.75) is 6.61 Å². The molecule has 0 aliphatic rings. The molecule has 0 saturated carbocycles. The van der Waals surface area contributed by atoms with Crippen LogP contribution in [0.15, 0.2) is 84.9 Å². The Morgan fingerprint density at radius 1 is 0.880 bits per heavy atom. The number of benzene rings is 3. The van der Waals surface area contributed by atoms with Gasteiger partial charge in [-0.2, -0.15) is 0 Å². The second-order valence-electron chi connectivity index (χ2n) is 5.55. The lowest BCUT2D eigenvalue weighted by Gasteiger charge is -2.08. The Morgan fingerprint density at radius 2 is 1.56 bits per heavy atom. The summed E-state index contributed by atoms with van der Waals surface area (Å²) in [6, 6.07) is 23.7. The van der Waals surface area contributed by atoms with E-state index < -0.39 is 0 Å². The van der Waals surface area contributed by atoms with Crippen LogP contribution in [0.25, 0.3) is 6.08 Å². The van der Waals surface area contributed by atoms with E-state index in [9.17, 15) is 9.90 Å². The minimum atomic E-state index is -0.0592. The van der Waals surface area contributed by atoms with Crippen LogP contribution in [-0.4, -0.2) is 10.9 Å². The van der Waals surface area contributed by atoms with E-state index in [-0.39, 0.29) is 18.1 Å². The van der Waals surface area contributed by atoms with Crippen LogP contribution in [0.2, 0.25) is 0 Å². The van der Waals surface area contributed by atoms with Crippen molar-refractivity contribution >= 4 is 11.9 Å². The highest BCUT2D eigenvalue weighted by atomic mass is 16.5. The molecule has 124 valence electrons. The van der Waals surface area contributed by atoms with Crippen molar-refractivity contribution in [3.63, 3.8) is 0 Å². The molecule has 0 heterocycles. The molecule has 0 unspecified atom stereocenters. The predicted molar refractivity (Wildman–Crippen MR) is 98.7 cm³/mol. The first-order valence-corrected chi connectivity index (χ1v) is 7.99. The van der Waals surface area contributed by atoms with Gasteiger partial charge in [0.1, 0.15) is 18.1 Å². The smallest absolute Gasteiger partial charge is 0.185 e. The zero-order chi connectivity index (χ0) is 17.5. The molecule has 0 fully saturated rings. The molecule has 0 amide bonds. The Morgan fingerprint density at radius 3 is 2.28 bits per heavy atom. The van der Waals surface area contributed by atoms with Gasteiger partial charge in [-0.3, -0.25) is 4.79 Å². The van der Waals surface area contributed by atoms with Gasteiger partial charge in [-0.15, -0.1) is 0 Å². The fourth-order valence-electron chi connectivity index (χ4n) is 2.34. The number of hydrogen-bond acceptors (Lipinski definition) is 3. The second-order valence-corrected chi connectivity index (χ2v) is 5.55. The lowest BCUT2D eigenvalue weighted by atomic mass is 10.1. The summed E-state index contributed by atoms with van der Waals surface area (Å²) < 4.78 is 5.65. The van der Waals surface area contributed by atoms with Crippen LogP contribution >= 0.6 is 0 Å². The van der Waals surface area contributed by atoms with E-state index in [1.165, 1.54) is 0 Å². The molecule has 3 nitrogen and oxygen atoms in total. The number of allylic oxidation sites excluding steroid dienone is 1. The summed E-state index contributed by atoms with van der Waals surface area (Å²) in [6.07, 6.45) is 3.36. The number of para-hydroxylation sites is 1. The number of aromatic hydroxyl groups is 1. The van der Waals surface area contributed by atoms with Gasteiger partial charge >= 0.3 is 0 Å². The zero-order valence-corrected chi connectivity index (χ0v) is 13.6. The van der Waals surface area contributed by atoms with Gasteiger partial charge in [0.05, 0.1) is 0 Å². The number of carbonyl (C=O) groups is 1.